The van der Waals surface area contributed by atoms with Crippen LogP contribution in [0, 0.1) is 13.8 Å². The Kier molecular flexibility index (Phi) is 4.52. The van der Waals surface area contributed by atoms with Crippen molar-refractivity contribution in [2.45, 2.75) is 17.8 Å². The van der Waals surface area contributed by atoms with E-state index in [-0.39, 0.29) is 5.82 Å². The number of imidazole rings is 1. The van der Waals surface area contributed by atoms with Gasteiger partial charge in [-0.2, -0.15) is 8.78 Å². The Morgan fingerprint density at radius 2 is 1.96 bits per heavy atom. The van der Waals surface area contributed by atoms with Gasteiger partial charge in [-0.3, -0.25) is 7.76 Å². The molecule has 0 N–H and O–H groups in total. The van der Waals surface area contributed by atoms with E-state index < -0.39 is 3.93 Å². The number of hydrogen-bond acceptors (Lipinski definition) is 5. The molecule has 10 heteroatoms. The molecule has 140 valence electrons. The fraction of sp³-hybridized carbons (Fsp3) is 0.235. The van der Waals surface area contributed by atoms with E-state index in [1.807, 2.05) is 42.8 Å². The Morgan fingerprint density at radius 1 is 1.22 bits per heavy atom. The van der Waals surface area contributed by atoms with Gasteiger partial charge in [0.2, 0.25) is 0 Å². The maximum absolute atomic E-state index is 13.9. The topological polar surface area (TPSA) is 66.0 Å². The molecule has 0 aliphatic heterocycles. The zero-order valence-electron chi connectivity index (χ0n) is 14.3. The lowest BCUT2D eigenvalue weighted by molar-refractivity contribution is 0.117. The van der Waals surface area contributed by atoms with Crippen molar-refractivity contribution in [3.63, 3.8) is 0 Å². The first-order chi connectivity index (χ1) is 12.7. The van der Waals surface area contributed by atoms with Gasteiger partial charge in [-0.25, -0.2) is 4.98 Å². The van der Waals surface area contributed by atoms with Gasteiger partial charge < -0.3 is 9.26 Å². The minimum atomic E-state index is -3.09. The molecule has 0 saturated heterocycles. The lowest BCUT2D eigenvalue weighted by atomic mass is 10.0. The highest BCUT2D eigenvalue weighted by atomic mass is 127. The lowest BCUT2D eigenvalue weighted by Crippen LogP contribution is -2.07. The Labute approximate surface area is 179 Å². The first kappa shape index (κ1) is 18.8. The van der Waals surface area contributed by atoms with Crippen molar-refractivity contribution in [3.05, 3.63) is 35.6 Å². The molecule has 3 aromatic heterocycles. The van der Waals surface area contributed by atoms with Crippen LogP contribution in [0.2, 0.25) is 0 Å². The van der Waals surface area contributed by atoms with E-state index in [0.29, 0.717) is 33.4 Å². The quantitative estimate of drug-likeness (QED) is 0.230. The second-order valence-electron chi connectivity index (χ2n) is 5.97. The summed E-state index contributed by atoms with van der Waals surface area (Å²) < 4.78 is 36.9. The van der Waals surface area contributed by atoms with E-state index in [2.05, 4.69) is 15.1 Å². The van der Waals surface area contributed by atoms with Crippen LogP contribution in [0.25, 0.3) is 33.1 Å². The molecule has 0 amide bonds. The van der Waals surface area contributed by atoms with E-state index in [1.54, 1.807) is 13.2 Å². The summed E-state index contributed by atoms with van der Waals surface area (Å²) in [6.07, 6.45) is 1.50. The zero-order valence-corrected chi connectivity index (χ0v) is 18.7. The number of hydrogen-bond donors (Lipinski definition) is 0. The summed E-state index contributed by atoms with van der Waals surface area (Å²) >= 11 is 2.91. The van der Waals surface area contributed by atoms with Gasteiger partial charge in [0.15, 0.2) is 5.82 Å². The van der Waals surface area contributed by atoms with Crippen LogP contribution in [0.3, 0.4) is 0 Å². The van der Waals surface area contributed by atoms with E-state index in [9.17, 15) is 8.78 Å². The molecule has 4 aromatic rings. The maximum atomic E-state index is 13.9. The molecule has 27 heavy (non-hydrogen) atoms. The second-order valence-corrected chi connectivity index (χ2v) is 8.29. The summed E-state index contributed by atoms with van der Waals surface area (Å²) in [5.41, 5.74) is 3.95. The summed E-state index contributed by atoms with van der Waals surface area (Å²) in [7, 11) is 1.56. The zero-order chi connectivity index (χ0) is 19.5. The molecule has 0 aliphatic rings. The Hall–Kier alpha value is -1.57. The van der Waals surface area contributed by atoms with Crippen LogP contribution in [0.15, 0.2) is 22.9 Å². The molecule has 0 saturated carbocycles. The molecule has 0 unspecified atom stereocenters. The standard InChI is InChI=1S/C17H12F2I2N4O2/c1-7-14(8(2)27-24-7)10-4-11-9(5-13(10)26-3)15-12(6-22-11)23-16(25(15)21)17(18,19)20/h4-6H,1-3H3. The molecule has 3 heterocycles. The predicted molar refractivity (Wildman–Crippen MR) is 114 cm³/mol. The fourth-order valence-electron chi connectivity index (χ4n) is 3.15. The second kappa shape index (κ2) is 6.50. The monoisotopic (exact) mass is 596 g/mol. The molecule has 0 radical (unpaired) electrons. The van der Waals surface area contributed by atoms with E-state index in [4.69, 9.17) is 9.26 Å². The van der Waals surface area contributed by atoms with Crippen LogP contribution in [-0.2, 0) is 3.93 Å². The van der Waals surface area contributed by atoms with Crippen molar-refractivity contribution in [1.82, 2.24) is 17.9 Å². The first-order valence-electron chi connectivity index (χ1n) is 7.78. The van der Waals surface area contributed by atoms with Gasteiger partial charge in [-0.15, -0.1) is 0 Å². The molecule has 1 aromatic carbocycles. The fourth-order valence-corrected chi connectivity index (χ4v) is 4.89. The molecule has 0 aliphatic carbocycles. The third kappa shape index (κ3) is 2.96. The molecule has 0 fully saturated rings. The Bertz CT molecular complexity index is 1180. The van der Waals surface area contributed by atoms with E-state index >= 15 is 0 Å². The summed E-state index contributed by atoms with van der Waals surface area (Å²) in [5.74, 6) is 0.908. The van der Waals surface area contributed by atoms with Gasteiger partial charge in [-0.05, 0) is 26.0 Å². The highest BCUT2D eigenvalue weighted by Crippen LogP contribution is 2.42. The largest absolute Gasteiger partial charge is 0.496 e. The van der Waals surface area contributed by atoms with Gasteiger partial charge in [0.1, 0.15) is 17.0 Å². The SMILES string of the molecule is COc1cc2c(cc1-c1c(C)noc1C)ncc1nc(C(F)(F)I)n(I)c12. The number of ether oxygens (including phenoxy) is 1. The number of benzene rings is 1. The molecule has 6 nitrogen and oxygen atoms in total. The van der Waals surface area contributed by atoms with Crippen molar-refractivity contribution in [2.24, 2.45) is 0 Å². The highest BCUT2D eigenvalue weighted by molar-refractivity contribution is 14.1. The number of aryl methyl sites for hydroxylation is 2. The van der Waals surface area contributed by atoms with E-state index in [0.717, 1.165) is 39.4 Å². The first-order valence-corrected chi connectivity index (χ1v) is 9.82. The van der Waals surface area contributed by atoms with Crippen molar-refractivity contribution in [3.8, 4) is 16.9 Å². The van der Waals surface area contributed by atoms with Crippen LogP contribution in [0.5, 0.6) is 5.75 Å². The normalized spacial score (nSPS) is 12.3. The minimum absolute atomic E-state index is 0.332. The number of fused-ring (bicyclic) bond motifs is 3. The minimum Gasteiger partial charge on any atom is -0.496 e. The number of methoxy groups -OCH3 is 1. The van der Waals surface area contributed by atoms with Crippen LogP contribution in [0.1, 0.15) is 17.3 Å². The number of aromatic nitrogens is 4. The van der Waals surface area contributed by atoms with Crippen LogP contribution < -0.4 is 4.74 Å². The molecule has 0 atom stereocenters. The van der Waals surface area contributed by atoms with Crippen LogP contribution >= 0.6 is 45.5 Å². The average molecular weight is 596 g/mol. The number of alkyl halides is 3. The maximum Gasteiger partial charge on any atom is 0.353 e. The van der Waals surface area contributed by atoms with Gasteiger partial charge in [0.05, 0.1) is 58.5 Å². The third-order valence-electron chi connectivity index (χ3n) is 4.31. The third-order valence-corrected chi connectivity index (χ3v) is 5.73. The van der Waals surface area contributed by atoms with Gasteiger partial charge in [-0.1, -0.05) is 5.16 Å². The summed E-state index contributed by atoms with van der Waals surface area (Å²) in [4.78, 5) is 8.48. The number of rotatable bonds is 3. The van der Waals surface area contributed by atoms with Gasteiger partial charge in [0, 0.05) is 33.5 Å². The molecule has 0 bridgehead atoms. The number of halogens is 4. The molecule has 4 rings (SSSR count). The molecular weight excluding hydrogens is 584 g/mol. The van der Waals surface area contributed by atoms with Crippen molar-refractivity contribution in [2.75, 3.05) is 7.11 Å². The summed E-state index contributed by atoms with van der Waals surface area (Å²) in [5, 5.41) is 4.67. The predicted octanol–water partition coefficient (Wildman–Crippen LogP) is 5.55. The summed E-state index contributed by atoms with van der Waals surface area (Å²) in [6, 6.07) is 3.64. The number of pyridine rings is 1. The molecule has 0 spiro atoms. The van der Waals surface area contributed by atoms with Crippen molar-refractivity contribution >= 4 is 67.4 Å². The van der Waals surface area contributed by atoms with Gasteiger partial charge >= 0.3 is 3.93 Å². The van der Waals surface area contributed by atoms with Crippen molar-refractivity contribution < 1.29 is 18.0 Å². The average Bonchev–Trinajstić information content (AvgIpc) is 3.13. The smallest absolute Gasteiger partial charge is 0.353 e. The highest BCUT2D eigenvalue weighted by Gasteiger charge is 2.34. The number of nitrogens with zero attached hydrogens (tertiary/aromatic N) is 4. The van der Waals surface area contributed by atoms with Crippen molar-refractivity contribution in [1.29, 1.82) is 0 Å². The lowest BCUT2D eigenvalue weighted by Gasteiger charge is -2.11. The summed E-state index contributed by atoms with van der Waals surface area (Å²) in [6.45, 7) is 3.67. The van der Waals surface area contributed by atoms with Crippen LogP contribution in [-0.4, -0.2) is 25.0 Å². The van der Waals surface area contributed by atoms with E-state index in [1.165, 1.54) is 8.98 Å². The Balaban J connectivity index is 2.08. The van der Waals surface area contributed by atoms with Crippen LogP contribution in [0.4, 0.5) is 8.78 Å². The van der Waals surface area contributed by atoms with Gasteiger partial charge in [0.25, 0.3) is 0 Å². The Morgan fingerprint density at radius 3 is 2.56 bits per heavy atom. The molecular formula is C17H12F2I2N4O2.